The van der Waals surface area contributed by atoms with Crippen LogP contribution >= 0.6 is 0 Å². The van der Waals surface area contributed by atoms with Crippen LogP contribution in [0, 0.1) is 0 Å². The molecule has 4 heteroatoms. The van der Waals surface area contributed by atoms with Crippen molar-refractivity contribution in [3.05, 3.63) is 40.5 Å². The third-order valence-corrected chi connectivity index (χ3v) is 4.79. The molecule has 4 nitrogen and oxygen atoms in total. The monoisotopic (exact) mass is 462 g/mol. The second-order valence-corrected chi connectivity index (χ2v) is 8.21. The van der Waals surface area contributed by atoms with Crippen LogP contribution in [0.2, 0.25) is 0 Å². The zero-order valence-corrected chi connectivity index (χ0v) is 23.0. The van der Waals surface area contributed by atoms with Gasteiger partial charge >= 0.3 is 5.97 Å². The van der Waals surface area contributed by atoms with Gasteiger partial charge in [-0.05, 0) is 70.2 Å². The molecule has 0 fully saturated rings. The molecule has 1 unspecified atom stereocenters. The Morgan fingerprint density at radius 2 is 1.67 bits per heavy atom. The first-order valence-electron chi connectivity index (χ1n) is 12.8. The molecule has 1 atom stereocenters. The minimum Gasteiger partial charge on any atom is -0.506 e. The molecule has 0 spiro atoms. The molecule has 2 rings (SSSR count). The summed E-state index contributed by atoms with van der Waals surface area (Å²) in [5.74, 6) is -0.715. The standard InChI is InChI=1S/C22H30O4.C3H8.2C2H6/c1-5-6-7-10-16-14-18-17(20(23)19(16)21(24)25)11-13-22(4,26-18)12-8-9-15(2)3;1-3-2;2*1-2/h9,11,13-14,23H,5-8,10,12H2,1-4H3,(H,24,25);3H2,1-2H3;2*1-2H3. The van der Waals surface area contributed by atoms with Crippen molar-refractivity contribution >= 4 is 12.0 Å². The highest BCUT2D eigenvalue weighted by Gasteiger charge is 2.31. The van der Waals surface area contributed by atoms with Crippen molar-refractivity contribution in [2.45, 2.75) is 120 Å². The maximum Gasteiger partial charge on any atom is 0.339 e. The van der Waals surface area contributed by atoms with Crippen LogP contribution in [0.15, 0.2) is 23.8 Å². The van der Waals surface area contributed by atoms with Gasteiger partial charge in [0.1, 0.15) is 22.7 Å². The number of rotatable bonds is 8. The van der Waals surface area contributed by atoms with E-state index in [1.54, 1.807) is 12.1 Å². The van der Waals surface area contributed by atoms with E-state index in [4.69, 9.17) is 4.74 Å². The Balaban J connectivity index is 0. The summed E-state index contributed by atoms with van der Waals surface area (Å²) in [5, 5.41) is 20.1. The summed E-state index contributed by atoms with van der Waals surface area (Å²) in [6.07, 6.45) is 12.5. The van der Waals surface area contributed by atoms with Gasteiger partial charge in [-0.3, -0.25) is 0 Å². The Labute approximate surface area is 203 Å². The molecular formula is C29H50O4. The topological polar surface area (TPSA) is 66.8 Å². The lowest BCUT2D eigenvalue weighted by atomic mass is 9.91. The molecule has 0 amide bonds. The lowest BCUT2D eigenvalue weighted by molar-refractivity contribution is 0.0692. The molecule has 1 aliphatic rings. The highest BCUT2D eigenvalue weighted by Crippen LogP contribution is 2.42. The van der Waals surface area contributed by atoms with Gasteiger partial charge in [0.2, 0.25) is 0 Å². The van der Waals surface area contributed by atoms with Crippen LogP contribution in [0.3, 0.4) is 0 Å². The van der Waals surface area contributed by atoms with Crippen molar-refractivity contribution in [1.82, 2.24) is 0 Å². The number of hydrogen-bond acceptors (Lipinski definition) is 3. The highest BCUT2D eigenvalue weighted by molar-refractivity contribution is 5.95. The lowest BCUT2D eigenvalue weighted by Gasteiger charge is -2.32. The maximum atomic E-state index is 11.7. The summed E-state index contributed by atoms with van der Waals surface area (Å²) in [7, 11) is 0. The largest absolute Gasteiger partial charge is 0.506 e. The number of hydrogen-bond donors (Lipinski definition) is 2. The number of aryl methyl sites for hydroxylation is 1. The fourth-order valence-electron chi connectivity index (χ4n) is 3.29. The first kappa shape index (κ1) is 32.9. The summed E-state index contributed by atoms with van der Waals surface area (Å²) in [5.41, 5.74) is 1.92. The Bertz CT molecular complexity index is 742. The predicted octanol–water partition coefficient (Wildman–Crippen LogP) is 9.20. The first-order valence-corrected chi connectivity index (χ1v) is 12.8. The van der Waals surface area contributed by atoms with Gasteiger partial charge in [0.05, 0.1) is 5.56 Å². The highest BCUT2D eigenvalue weighted by atomic mass is 16.5. The second-order valence-electron chi connectivity index (χ2n) is 8.21. The van der Waals surface area contributed by atoms with Crippen LogP contribution in [0.5, 0.6) is 11.5 Å². The molecule has 0 aliphatic carbocycles. The van der Waals surface area contributed by atoms with Crippen LogP contribution in [-0.2, 0) is 6.42 Å². The fourth-order valence-corrected chi connectivity index (χ4v) is 3.29. The Morgan fingerprint density at radius 3 is 2.15 bits per heavy atom. The van der Waals surface area contributed by atoms with Crippen LogP contribution in [0.1, 0.15) is 129 Å². The Hall–Kier alpha value is -2.23. The van der Waals surface area contributed by atoms with E-state index in [0.717, 1.165) is 32.1 Å². The van der Waals surface area contributed by atoms with Gasteiger partial charge in [0, 0.05) is 0 Å². The number of fused-ring (bicyclic) bond motifs is 1. The van der Waals surface area contributed by atoms with E-state index >= 15 is 0 Å². The summed E-state index contributed by atoms with van der Waals surface area (Å²) in [6.45, 7) is 20.5. The summed E-state index contributed by atoms with van der Waals surface area (Å²) < 4.78 is 6.19. The van der Waals surface area contributed by atoms with E-state index in [1.165, 1.54) is 12.0 Å². The van der Waals surface area contributed by atoms with Crippen LogP contribution < -0.4 is 4.74 Å². The molecule has 0 radical (unpaired) electrons. The number of allylic oxidation sites excluding steroid dienone is 2. The molecule has 190 valence electrons. The van der Waals surface area contributed by atoms with E-state index in [1.807, 2.05) is 40.7 Å². The minimum atomic E-state index is -1.10. The zero-order chi connectivity index (χ0) is 26.0. The summed E-state index contributed by atoms with van der Waals surface area (Å²) >= 11 is 0. The van der Waals surface area contributed by atoms with Crippen molar-refractivity contribution in [3.8, 4) is 11.5 Å². The zero-order valence-electron chi connectivity index (χ0n) is 23.0. The number of aromatic carboxylic acids is 1. The van der Waals surface area contributed by atoms with Crippen molar-refractivity contribution in [3.63, 3.8) is 0 Å². The van der Waals surface area contributed by atoms with E-state index < -0.39 is 11.6 Å². The van der Waals surface area contributed by atoms with E-state index in [9.17, 15) is 15.0 Å². The number of benzene rings is 1. The minimum absolute atomic E-state index is 0.00115. The molecule has 0 bridgehead atoms. The van der Waals surface area contributed by atoms with E-state index in [-0.39, 0.29) is 11.3 Å². The van der Waals surface area contributed by atoms with E-state index in [2.05, 4.69) is 40.7 Å². The van der Waals surface area contributed by atoms with Crippen LogP contribution in [0.4, 0.5) is 0 Å². The van der Waals surface area contributed by atoms with Gasteiger partial charge in [-0.1, -0.05) is 79.4 Å². The molecule has 1 aromatic rings. The van der Waals surface area contributed by atoms with Crippen molar-refractivity contribution in [2.75, 3.05) is 0 Å². The number of unbranched alkanes of at least 4 members (excludes halogenated alkanes) is 2. The molecule has 1 heterocycles. The van der Waals surface area contributed by atoms with Gasteiger partial charge in [-0.25, -0.2) is 4.79 Å². The van der Waals surface area contributed by atoms with Gasteiger partial charge < -0.3 is 14.9 Å². The SMILES string of the molecule is CC.CC.CCC.CCCCCc1cc2c(c(O)c1C(=O)O)C=CC(C)(CCC=C(C)C)O2. The molecule has 1 aliphatic heterocycles. The smallest absolute Gasteiger partial charge is 0.339 e. The third kappa shape index (κ3) is 11.5. The van der Waals surface area contributed by atoms with Gasteiger partial charge in [-0.15, -0.1) is 0 Å². The molecule has 1 aromatic carbocycles. The molecule has 0 saturated carbocycles. The van der Waals surface area contributed by atoms with E-state index in [0.29, 0.717) is 23.3 Å². The van der Waals surface area contributed by atoms with Gasteiger partial charge in [0.15, 0.2) is 0 Å². The average Bonchev–Trinajstić information content (AvgIpc) is 2.76. The van der Waals surface area contributed by atoms with Gasteiger partial charge in [-0.2, -0.15) is 0 Å². The molecular weight excluding hydrogens is 412 g/mol. The van der Waals surface area contributed by atoms with Crippen LogP contribution in [-0.4, -0.2) is 21.8 Å². The number of ether oxygens (including phenoxy) is 1. The normalized spacial score (nSPS) is 15.2. The maximum absolute atomic E-state index is 11.7. The summed E-state index contributed by atoms with van der Waals surface area (Å²) in [4.78, 5) is 11.7. The molecule has 2 N–H and O–H groups in total. The fraction of sp³-hybridized carbons (Fsp3) is 0.621. The van der Waals surface area contributed by atoms with Crippen molar-refractivity contribution in [2.24, 2.45) is 0 Å². The van der Waals surface area contributed by atoms with Crippen molar-refractivity contribution in [1.29, 1.82) is 0 Å². The number of phenols is 1. The summed E-state index contributed by atoms with van der Waals surface area (Å²) in [6, 6.07) is 1.80. The number of carbonyl (C=O) groups is 1. The third-order valence-electron chi connectivity index (χ3n) is 4.79. The second kappa shape index (κ2) is 18.2. The van der Waals surface area contributed by atoms with Crippen molar-refractivity contribution < 1.29 is 19.7 Å². The Morgan fingerprint density at radius 1 is 1.09 bits per heavy atom. The van der Waals surface area contributed by atoms with Gasteiger partial charge in [0.25, 0.3) is 0 Å². The molecule has 33 heavy (non-hydrogen) atoms. The first-order chi connectivity index (χ1) is 15.7. The lowest BCUT2D eigenvalue weighted by Crippen LogP contribution is -2.32. The molecule has 0 aromatic heterocycles. The predicted molar refractivity (Wildman–Crippen MR) is 144 cm³/mol. The Kier molecular flexibility index (Phi) is 18.2. The number of aromatic hydroxyl groups is 1. The van der Waals surface area contributed by atoms with Crippen LogP contribution in [0.25, 0.3) is 6.08 Å². The quantitative estimate of drug-likeness (QED) is 0.298. The molecule has 0 saturated heterocycles. The number of carboxylic acids is 1. The average molecular weight is 463 g/mol. The number of carboxylic acid groups (broad SMARTS) is 1.